The number of thiocarbonyl (C=S) groups is 1. The first-order valence-electron chi connectivity index (χ1n) is 9.80. The number of nitro groups is 1. The Labute approximate surface area is 206 Å². The summed E-state index contributed by atoms with van der Waals surface area (Å²) in [5, 5.41) is 30.0. The van der Waals surface area contributed by atoms with Gasteiger partial charge >= 0.3 is 11.9 Å². The van der Waals surface area contributed by atoms with Crippen LogP contribution in [-0.2, 0) is 4.79 Å². The fourth-order valence-electron chi connectivity index (χ4n) is 3.38. The molecule has 0 bridgehead atoms. The largest absolute Gasteiger partial charge is 0.478 e. The smallest absolute Gasteiger partial charge is 0.335 e. The van der Waals surface area contributed by atoms with Crippen molar-refractivity contribution < 1.29 is 33.9 Å². The molecule has 0 aliphatic carbocycles. The second-order valence-electron chi connectivity index (χ2n) is 7.38. The molecule has 3 aromatic rings. The molecule has 1 amide bonds. The molecule has 12 heteroatoms. The normalized spacial score (nSPS) is 14.5. The quantitative estimate of drug-likeness (QED) is 0.201. The maximum absolute atomic E-state index is 13.1. The van der Waals surface area contributed by atoms with Gasteiger partial charge < -0.3 is 14.6 Å². The van der Waals surface area contributed by atoms with Gasteiger partial charge in [-0.3, -0.25) is 19.8 Å². The molecule has 2 N–H and O–H groups in total. The molecular formula is C23H14N2O8S2. The number of furan rings is 1. The van der Waals surface area contributed by atoms with Crippen molar-refractivity contribution in [2.45, 2.75) is 6.92 Å². The predicted octanol–water partition coefficient (Wildman–Crippen LogP) is 4.97. The maximum atomic E-state index is 13.1. The zero-order valence-corrected chi connectivity index (χ0v) is 19.4. The number of amides is 1. The van der Waals surface area contributed by atoms with Crippen molar-refractivity contribution in [3.63, 3.8) is 0 Å². The molecule has 0 atom stereocenters. The summed E-state index contributed by atoms with van der Waals surface area (Å²) >= 11 is 6.20. The Morgan fingerprint density at radius 2 is 1.74 bits per heavy atom. The number of aromatic carboxylic acids is 2. The lowest BCUT2D eigenvalue weighted by Gasteiger charge is -2.16. The van der Waals surface area contributed by atoms with E-state index in [1.54, 1.807) is 31.2 Å². The molecule has 2 heterocycles. The third-order valence-corrected chi connectivity index (χ3v) is 6.28. The highest BCUT2D eigenvalue weighted by Crippen LogP contribution is 2.38. The number of carboxylic acids is 2. The van der Waals surface area contributed by atoms with E-state index < -0.39 is 22.8 Å². The van der Waals surface area contributed by atoms with Gasteiger partial charge in [0.2, 0.25) is 0 Å². The summed E-state index contributed by atoms with van der Waals surface area (Å²) < 4.78 is 5.79. The first-order valence-corrected chi connectivity index (χ1v) is 11.0. The van der Waals surface area contributed by atoms with Gasteiger partial charge in [0.1, 0.15) is 11.5 Å². The number of nitrogens with zero attached hydrogens (tertiary/aromatic N) is 2. The molecule has 1 aromatic heterocycles. The molecule has 176 valence electrons. The Bertz CT molecular complexity index is 1440. The second kappa shape index (κ2) is 9.16. The highest BCUT2D eigenvalue weighted by molar-refractivity contribution is 8.27. The number of thioether (sulfide) groups is 1. The number of carbonyl (C=O) groups is 3. The number of hydrogen-bond acceptors (Lipinski definition) is 8. The fraction of sp³-hybridized carbons (Fsp3) is 0.0435. The highest BCUT2D eigenvalue weighted by Gasteiger charge is 2.34. The molecule has 0 saturated carbocycles. The Kier molecular flexibility index (Phi) is 6.24. The van der Waals surface area contributed by atoms with Crippen LogP contribution in [-0.4, -0.2) is 37.3 Å². The van der Waals surface area contributed by atoms with Crippen LogP contribution in [0.3, 0.4) is 0 Å². The standard InChI is InChI=1S/C23H14N2O8S2/c1-11-2-4-16(17(6-11)25(31)32)18-5-3-15(33-18)10-19-20(26)24(23(34)35-19)14-8-12(21(27)28)7-13(9-14)22(29)30/h2-10H,1H3,(H,27,28)(H,29,30)/b19-10+. The van der Waals surface area contributed by atoms with Crippen LogP contribution in [0.2, 0.25) is 0 Å². The average Bonchev–Trinajstić information content (AvgIpc) is 3.37. The molecule has 2 aromatic carbocycles. The molecule has 0 spiro atoms. The van der Waals surface area contributed by atoms with Crippen LogP contribution in [0.25, 0.3) is 17.4 Å². The van der Waals surface area contributed by atoms with Gasteiger partial charge in [0, 0.05) is 12.1 Å². The SMILES string of the molecule is Cc1ccc(-c2ccc(/C=C3/SC(=S)N(c4cc(C(=O)O)cc(C(=O)O)c4)C3=O)o2)c([N+](=O)[O-])c1. The Balaban J connectivity index is 1.68. The van der Waals surface area contributed by atoms with Crippen LogP contribution >= 0.6 is 24.0 Å². The first-order chi connectivity index (χ1) is 16.5. The Hall–Kier alpha value is -4.29. The fourth-order valence-corrected chi connectivity index (χ4v) is 4.66. The molecule has 1 aliphatic heterocycles. The van der Waals surface area contributed by atoms with Crippen molar-refractivity contribution in [2.75, 3.05) is 4.90 Å². The lowest BCUT2D eigenvalue weighted by Crippen LogP contribution is -2.28. The van der Waals surface area contributed by atoms with E-state index in [0.717, 1.165) is 34.9 Å². The Morgan fingerprint density at radius 1 is 1.09 bits per heavy atom. The number of hydrogen-bond donors (Lipinski definition) is 2. The van der Waals surface area contributed by atoms with Gasteiger partial charge in [-0.2, -0.15) is 0 Å². The number of carbonyl (C=O) groups excluding carboxylic acids is 1. The molecule has 1 aliphatic rings. The second-order valence-corrected chi connectivity index (χ2v) is 9.05. The van der Waals surface area contributed by atoms with Crippen molar-refractivity contribution in [1.29, 1.82) is 0 Å². The number of benzene rings is 2. The number of aryl methyl sites for hydroxylation is 1. The van der Waals surface area contributed by atoms with Crippen LogP contribution in [0.4, 0.5) is 11.4 Å². The van der Waals surface area contributed by atoms with E-state index >= 15 is 0 Å². The van der Waals surface area contributed by atoms with Gasteiger partial charge in [-0.15, -0.1) is 0 Å². The molecule has 35 heavy (non-hydrogen) atoms. The summed E-state index contributed by atoms with van der Waals surface area (Å²) in [5.41, 5.74) is 0.253. The van der Waals surface area contributed by atoms with Crippen molar-refractivity contribution in [1.82, 2.24) is 0 Å². The van der Waals surface area contributed by atoms with Gasteiger partial charge in [-0.1, -0.05) is 30.0 Å². The minimum absolute atomic E-state index is 0.00335. The van der Waals surface area contributed by atoms with Crippen LogP contribution in [0.5, 0.6) is 0 Å². The monoisotopic (exact) mass is 510 g/mol. The molecule has 0 unspecified atom stereocenters. The van der Waals surface area contributed by atoms with Crippen molar-refractivity contribution in [3.05, 3.63) is 86.0 Å². The lowest BCUT2D eigenvalue weighted by atomic mass is 10.1. The lowest BCUT2D eigenvalue weighted by molar-refractivity contribution is -0.384. The number of rotatable bonds is 6. The molecule has 1 saturated heterocycles. The topological polar surface area (TPSA) is 151 Å². The third-order valence-electron chi connectivity index (χ3n) is 4.98. The summed E-state index contributed by atoms with van der Waals surface area (Å²) in [4.78, 5) is 48.0. The minimum atomic E-state index is -1.36. The summed E-state index contributed by atoms with van der Waals surface area (Å²) in [6, 6.07) is 11.1. The molecule has 4 rings (SSSR count). The number of carboxylic acid groups (broad SMARTS) is 2. The summed E-state index contributed by atoms with van der Waals surface area (Å²) in [6.45, 7) is 1.73. The van der Waals surface area contributed by atoms with Crippen molar-refractivity contribution >= 4 is 63.6 Å². The van der Waals surface area contributed by atoms with Crippen LogP contribution < -0.4 is 4.90 Å². The van der Waals surface area contributed by atoms with Crippen molar-refractivity contribution in [3.8, 4) is 11.3 Å². The van der Waals surface area contributed by atoms with Gasteiger partial charge in [0.25, 0.3) is 11.6 Å². The van der Waals surface area contributed by atoms with E-state index in [2.05, 4.69) is 0 Å². The summed E-state index contributed by atoms with van der Waals surface area (Å²) in [7, 11) is 0. The highest BCUT2D eigenvalue weighted by atomic mass is 32.2. The zero-order chi connectivity index (χ0) is 25.4. The number of anilines is 1. The summed E-state index contributed by atoms with van der Waals surface area (Å²) in [6.07, 6.45) is 1.40. The summed E-state index contributed by atoms with van der Waals surface area (Å²) in [5.74, 6) is -2.84. The van der Waals surface area contributed by atoms with E-state index in [1.165, 1.54) is 12.1 Å². The van der Waals surface area contributed by atoms with E-state index in [-0.39, 0.29) is 48.8 Å². The van der Waals surface area contributed by atoms with Crippen molar-refractivity contribution in [2.24, 2.45) is 0 Å². The third kappa shape index (κ3) is 4.69. The average molecular weight is 511 g/mol. The molecular weight excluding hydrogens is 496 g/mol. The molecule has 1 fully saturated rings. The minimum Gasteiger partial charge on any atom is -0.478 e. The van der Waals surface area contributed by atoms with Gasteiger partial charge in [0.15, 0.2) is 4.32 Å². The molecule has 10 nitrogen and oxygen atoms in total. The maximum Gasteiger partial charge on any atom is 0.335 e. The van der Waals surface area contributed by atoms with Gasteiger partial charge in [-0.25, -0.2) is 9.59 Å². The van der Waals surface area contributed by atoms with E-state index in [9.17, 15) is 34.7 Å². The Morgan fingerprint density at radius 3 is 2.34 bits per heavy atom. The first kappa shape index (κ1) is 23.9. The predicted molar refractivity (Wildman–Crippen MR) is 132 cm³/mol. The van der Waals surface area contributed by atoms with Gasteiger partial charge in [0.05, 0.1) is 32.2 Å². The van der Waals surface area contributed by atoms with E-state index in [4.69, 9.17) is 16.6 Å². The molecule has 0 radical (unpaired) electrons. The van der Waals surface area contributed by atoms with Crippen LogP contribution in [0.15, 0.2) is 57.9 Å². The van der Waals surface area contributed by atoms with Crippen LogP contribution in [0.1, 0.15) is 32.0 Å². The number of nitro benzene ring substituents is 1. The van der Waals surface area contributed by atoms with E-state index in [0.29, 0.717) is 5.56 Å². The van der Waals surface area contributed by atoms with E-state index in [1.807, 2.05) is 0 Å². The zero-order valence-electron chi connectivity index (χ0n) is 17.8. The van der Waals surface area contributed by atoms with Crippen LogP contribution in [0, 0.1) is 17.0 Å². The van der Waals surface area contributed by atoms with Gasteiger partial charge in [-0.05, 0) is 48.9 Å².